The molecule has 0 radical (unpaired) electrons. The van der Waals surface area contributed by atoms with Crippen molar-refractivity contribution in [2.75, 3.05) is 7.11 Å². The van der Waals surface area contributed by atoms with Gasteiger partial charge in [0.25, 0.3) is 0 Å². The van der Waals surface area contributed by atoms with Crippen LogP contribution in [0.2, 0.25) is 0 Å². The van der Waals surface area contributed by atoms with E-state index in [9.17, 15) is 4.79 Å². The van der Waals surface area contributed by atoms with Crippen LogP contribution in [0.15, 0.2) is 29.6 Å². The zero-order valence-electron chi connectivity index (χ0n) is 8.36. The van der Waals surface area contributed by atoms with Crippen molar-refractivity contribution in [3.63, 3.8) is 0 Å². The third-order valence-corrected chi connectivity index (χ3v) is 1.99. The molecule has 2 aromatic heterocycles. The van der Waals surface area contributed by atoms with Crippen molar-refractivity contribution < 1.29 is 14.7 Å². The standard InChI is InChI=1S/C9H8N4O3/c1-16-9(14)8(12-15)7-3-2-6-4-5-10-13(6)11-7/h2-5,15H,1H3. The number of ether oxygens (including phenoxy) is 1. The van der Waals surface area contributed by atoms with Gasteiger partial charge in [0, 0.05) is 0 Å². The molecular weight excluding hydrogens is 212 g/mol. The third-order valence-electron chi connectivity index (χ3n) is 1.99. The number of carbonyl (C=O) groups excluding carboxylic acids is 1. The lowest BCUT2D eigenvalue weighted by Gasteiger charge is -2.01. The average Bonchev–Trinajstić information content (AvgIpc) is 2.77. The van der Waals surface area contributed by atoms with E-state index in [1.165, 1.54) is 11.7 Å². The molecule has 0 saturated heterocycles. The molecule has 0 fully saturated rings. The number of hydrogen-bond acceptors (Lipinski definition) is 6. The lowest BCUT2D eigenvalue weighted by atomic mass is 10.2. The first-order chi connectivity index (χ1) is 7.76. The Kier molecular flexibility index (Phi) is 2.50. The molecule has 2 heterocycles. The number of oxime groups is 1. The summed E-state index contributed by atoms with van der Waals surface area (Å²) in [7, 11) is 1.19. The van der Waals surface area contributed by atoms with E-state index < -0.39 is 5.97 Å². The van der Waals surface area contributed by atoms with Gasteiger partial charge in [0.2, 0.25) is 5.71 Å². The van der Waals surface area contributed by atoms with Crippen LogP contribution in [0.25, 0.3) is 5.52 Å². The Hall–Kier alpha value is -2.44. The minimum Gasteiger partial charge on any atom is -0.464 e. The fraction of sp³-hybridized carbons (Fsp3) is 0.111. The summed E-state index contributed by atoms with van der Waals surface area (Å²) in [5, 5.41) is 19.5. The number of aromatic nitrogens is 3. The van der Waals surface area contributed by atoms with Gasteiger partial charge in [-0.25, -0.2) is 4.79 Å². The first kappa shape index (κ1) is 10.1. The van der Waals surface area contributed by atoms with Crippen LogP contribution in [-0.4, -0.2) is 38.8 Å². The van der Waals surface area contributed by atoms with Gasteiger partial charge in [-0.2, -0.15) is 9.73 Å². The van der Waals surface area contributed by atoms with Crippen molar-refractivity contribution in [1.82, 2.24) is 14.8 Å². The van der Waals surface area contributed by atoms with Crippen molar-refractivity contribution in [3.05, 3.63) is 30.1 Å². The highest BCUT2D eigenvalue weighted by Gasteiger charge is 2.17. The molecule has 0 unspecified atom stereocenters. The van der Waals surface area contributed by atoms with Crippen LogP contribution in [0.1, 0.15) is 5.69 Å². The quantitative estimate of drug-likeness (QED) is 0.335. The van der Waals surface area contributed by atoms with Gasteiger partial charge in [0.1, 0.15) is 5.69 Å². The Morgan fingerprint density at radius 2 is 2.31 bits per heavy atom. The molecule has 0 saturated carbocycles. The Morgan fingerprint density at radius 1 is 1.50 bits per heavy atom. The minimum absolute atomic E-state index is 0.186. The van der Waals surface area contributed by atoms with Gasteiger partial charge in [-0.15, -0.1) is 5.10 Å². The molecule has 7 heteroatoms. The van der Waals surface area contributed by atoms with E-state index in [1.54, 1.807) is 24.4 Å². The first-order valence-corrected chi connectivity index (χ1v) is 4.38. The first-order valence-electron chi connectivity index (χ1n) is 4.38. The molecule has 0 amide bonds. The second-order valence-electron chi connectivity index (χ2n) is 2.90. The van der Waals surface area contributed by atoms with Crippen molar-refractivity contribution in [1.29, 1.82) is 0 Å². The third kappa shape index (κ3) is 1.58. The molecule has 2 aromatic rings. The van der Waals surface area contributed by atoms with Gasteiger partial charge in [0.15, 0.2) is 0 Å². The highest BCUT2D eigenvalue weighted by Crippen LogP contribution is 2.03. The average molecular weight is 220 g/mol. The Balaban J connectivity index is 2.49. The smallest absolute Gasteiger partial charge is 0.362 e. The van der Waals surface area contributed by atoms with Crippen LogP contribution >= 0.6 is 0 Å². The van der Waals surface area contributed by atoms with Gasteiger partial charge in [-0.3, -0.25) is 0 Å². The lowest BCUT2D eigenvalue weighted by molar-refractivity contribution is -0.132. The Labute approximate surface area is 89.9 Å². The van der Waals surface area contributed by atoms with E-state index in [-0.39, 0.29) is 11.4 Å². The minimum atomic E-state index is -0.762. The largest absolute Gasteiger partial charge is 0.464 e. The molecule has 82 valence electrons. The summed E-state index contributed by atoms with van der Waals surface area (Å²) in [6.07, 6.45) is 1.57. The Bertz CT molecular complexity index is 561. The van der Waals surface area contributed by atoms with E-state index in [0.29, 0.717) is 0 Å². The zero-order chi connectivity index (χ0) is 11.5. The number of methoxy groups -OCH3 is 1. The fourth-order valence-electron chi connectivity index (χ4n) is 1.23. The number of carbonyl (C=O) groups is 1. The molecule has 0 aliphatic rings. The van der Waals surface area contributed by atoms with Crippen LogP contribution in [0, 0.1) is 0 Å². The van der Waals surface area contributed by atoms with Crippen LogP contribution in [-0.2, 0) is 9.53 Å². The molecule has 7 nitrogen and oxygen atoms in total. The number of fused-ring (bicyclic) bond motifs is 1. The maximum Gasteiger partial charge on any atom is 0.362 e. The topological polar surface area (TPSA) is 89.1 Å². The molecule has 16 heavy (non-hydrogen) atoms. The van der Waals surface area contributed by atoms with Gasteiger partial charge in [-0.05, 0) is 18.2 Å². The van der Waals surface area contributed by atoms with Gasteiger partial charge < -0.3 is 9.94 Å². The Morgan fingerprint density at radius 3 is 3.00 bits per heavy atom. The fourth-order valence-corrected chi connectivity index (χ4v) is 1.23. The molecule has 0 bridgehead atoms. The summed E-state index contributed by atoms with van der Waals surface area (Å²) in [4.78, 5) is 11.2. The van der Waals surface area contributed by atoms with E-state index in [0.717, 1.165) is 5.52 Å². The molecule has 0 atom stereocenters. The normalized spacial score (nSPS) is 11.7. The molecular formula is C9H8N4O3. The van der Waals surface area contributed by atoms with E-state index >= 15 is 0 Å². The number of esters is 1. The van der Waals surface area contributed by atoms with Crippen LogP contribution in [0.5, 0.6) is 0 Å². The number of rotatable bonds is 2. The summed E-state index contributed by atoms with van der Waals surface area (Å²) in [5.41, 5.74) is 0.691. The van der Waals surface area contributed by atoms with E-state index in [2.05, 4.69) is 20.1 Å². The highest BCUT2D eigenvalue weighted by molar-refractivity contribution is 6.42. The van der Waals surface area contributed by atoms with Crippen molar-refractivity contribution in [2.24, 2.45) is 5.16 Å². The van der Waals surface area contributed by atoms with Crippen molar-refractivity contribution >= 4 is 17.2 Å². The molecule has 1 N–H and O–H groups in total. The monoisotopic (exact) mass is 220 g/mol. The van der Waals surface area contributed by atoms with Crippen LogP contribution in [0.3, 0.4) is 0 Å². The summed E-state index contributed by atoms with van der Waals surface area (Å²) in [5.74, 6) is -0.762. The molecule has 0 aliphatic carbocycles. The summed E-state index contributed by atoms with van der Waals surface area (Å²) >= 11 is 0. The molecule has 0 aliphatic heterocycles. The summed E-state index contributed by atoms with van der Waals surface area (Å²) in [6.45, 7) is 0. The van der Waals surface area contributed by atoms with E-state index in [4.69, 9.17) is 5.21 Å². The van der Waals surface area contributed by atoms with E-state index in [1.807, 2.05) is 0 Å². The van der Waals surface area contributed by atoms with Gasteiger partial charge >= 0.3 is 5.97 Å². The van der Waals surface area contributed by atoms with Crippen LogP contribution in [0.4, 0.5) is 0 Å². The predicted molar refractivity (Wildman–Crippen MR) is 53.3 cm³/mol. The van der Waals surface area contributed by atoms with Crippen LogP contribution < -0.4 is 0 Å². The van der Waals surface area contributed by atoms with Gasteiger partial charge in [-0.1, -0.05) is 5.16 Å². The second-order valence-corrected chi connectivity index (χ2v) is 2.90. The maximum atomic E-state index is 11.2. The molecule has 0 aromatic carbocycles. The highest BCUT2D eigenvalue weighted by atomic mass is 16.5. The molecule has 0 spiro atoms. The number of hydrogen-bond donors (Lipinski definition) is 1. The zero-order valence-corrected chi connectivity index (χ0v) is 8.36. The van der Waals surface area contributed by atoms with Crippen molar-refractivity contribution in [3.8, 4) is 0 Å². The number of nitrogens with zero attached hydrogens (tertiary/aromatic N) is 4. The predicted octanol–water partition coefficient (Wildman–Crippen LogP) is 0.0806. The maximum absolute atomic E-state index is 11.2. The van der Waals surface area contributed by atoms with Gasteiger partial charge in [0.05, 0.1) is 18.8 Å². The summed E-state index contributed by atoms with van der Waals surface area (Å²) in [6, 6.07) is 5.00. The van der Waals surface area contributed by atoms with Crippen molar-refractivity contribution in [2.45, 2.75) is 0 Å². The second kappa shape index (κ2) is 3.97. The summed E-state index contributed by atoms with van der Waals surface area (Å²) < 4.78 is 5.77. The SMILES string of the molecule is COC(=O)C(=NO)c1ccc2ccnn2n1. The lowest BCUT2D eigenvalue weighted by Crippen LogP contribution is -2.19. The molecule has 2 rings (SSSR count).